The summed E-state index contributed by atoms with van der Waals surface area (Å²) in [7, 11) is -7.96. The highest BCUT2D eigenvalue weighted by atomic mass is 32.2. The van der Waals surface area contributed by atoms with E-state index in [1.807, 2.05) is 44.2 Å². The molecule has 2 atom stereocenters. The molecule has 0 radical (unpaired) electrons. The number of phenols is 2. The molecule has 48 heavy (non-hydrogen) atoms. The summed E-state index contributed by atoms with van der Waals surface area (Å²) in [5, 5.41) is 33.8. The predicted octanol–water partition coefficient (Wildman–Crippen LogP) is 1.77. The lowest BCUT2D eigenvalue weighted by Gasteiger charge is -2.34. The number of piperazine rings is 1. The van der Waals surface area contributed by atoms with Crippen LogP contribution in [0.5, 0.6) is 11.5 Å². The normalized spacial score (nSPS) is 16.2. The van der Waals surface area contributed by atoms with Crippen molar-refractivity contribution in [3.05, 3.63) is 84.2 Å². The number of aliphatic hydroxyl groups is 1. The first-order valence-electron chi connectivity index (χ1n) is 15.9. The number of carbonyl (C=O) groups excluding carboxylic acids is 1. The van der Waals surface area contributed by atoms with Gasteiger partial charge in [-0.3, -0.25) is 14.7 Å². The van der Waals surface area contributed by atoms with Gasteiger partial charge in [0.25, 0.3) is 0 Å². The van der Waals surface area contributed by atoms with Crippen LogP contribution in [-0.4, -0.2) is 114 Å². The summed E-state index contributed by atoms with van der Waals surface area (Å²) in [6.45, 7) is 5.64. The van der Waals surface area contributed by atoms with Gasteiger partial charge in [0.05, 0.1) is 22.8 Å². The summed E-state index contributed by atoms with van der Waals surface area (Å²) >= 11 is 0. The smallest absolute Gasteiger partial charge is 0.243 e. The molecule has 0 saturated carbocycles. The van der Waals surface area contributed by atoms with Crippen molar-refractivity contribution in [3.8, 4) is 11.5 Å². The quantitative estimate of drug-likeness (QED) is 0.161. The van der Waals surface area contributed by atoms with Crippen molar-refractivity contribution in [1.82, 2.24) is 23.8 Å². The number of benzene rings is 2. The first-order valence-corrected chi connectivity index (χ1v) is 18.9. The first-order chi connectivity index (χ1) is 22.7. The van der Waals surface area contributed by atoms with E-state index < -0.39 is 55.4 Å². The summed E-state index contributed by atoms with van der Waals surface area (Å²) in [6.07, 6.45) is 1.93. The average molecular weight is 704 g/mol. The third-order valence-electron chi connectivity index (χ3n) is 8.09. The summed E-state index contributed by atoms with van der Waals surface area (Å²) in [5.41, 5.74) is 1.82. The summed E-state index contributed by atoms with van der Waals surface area (Å²) in [4.78, 5) is 19.2. The fourth-order valence-electron chi connectivity index (χ4n) is 5.52. The molecule has 262 valence electrons. The Balaban J connectivity index is 1.41. The van der Waals surface area contributed by atoms with E-state index in [9.17, 15) is 36.9 Å². The highest BCUT2D eigenvalue weighted by Gasteiger charge is 2.33. The largest absolute Gasteiger partial charge is 0.504 e. The van der Waals surface area contributed by atoms with Crippen LogP contribution in [0.25, 0.3) is 0 Å². The van der Waals surface area contributed by atoms with Crippen LogP contribution in [0, 0.1) is 5.92 Å². The van der Waals surface area contributed by atoms with Gasteiger partial charge in [-0.05, 0) is 41.7 Å². The minimum atomic E-state index is -4.23. The van der Waals surface area contributed by atoms with E-state index in [0.717, 1.165) is 33.6 Å². The van der Waals surface area contributed by atoms with Crippen LogP contribution >= 0.6 is 0 Å². The molecule has 1 fully saturated rings. The number of aromatic hydroxyl groups is 2. The van der Waals surface area contributed by atoms with E-state index >= 15 is 0 Å². The zero-order valence-electron chi connectivity index (χ0n) is 27.2. The lowest BCUT2D eigenvalue weighted by Crippen LogP contribution is -2.51. The van der Waals surface area contributed by atoms with E-state index in [1.54, 1.807) is 24.5 Å². The van der Waals surface area contributed by atoms with Crippen LogP contribution in [0.15, 0.2) is 78.0 Å². The fraction of sp³-hybridized carbons (Fsp3) is 0.455. The van der Waals surface area contributed by atoms with Crippen LogP contribution in [0.4, 0.5) is 0 Å². The summed E-state index contributed by atoms with van der Waals surface area (Å²) in [6, 6.07) is 15.1. The molecule has 0 aliphatic carbocycles. The molecule has 13 nitrogen and oxygen atoms in total. The van der Waals surface area contributed by atoms with Crippen molar-refractivity contribution >= 4 is 26.0 Å². The van der Waals surface area contributed by atoms with E-state index in [0.29, 0.717) is 32.7 Å². The van der Waals surface area contributed by atoms with Gasteiger partial charge in [0, 0.05) is 70.7 Å². The maximum absolute atomic E-state index is 13.6. The molecule has 4 rings (SSSR count). The van der Waals surface area contributed by atoms with Crippen LogP contribution in [-0.2, 0) is 37.8 Å². The molecule has 1 amide bonds. The molecule has 2 aromatic carbocycles. The van der Waals surface area contributed by atoms with Gasteiger partial charge in [-0.2, -0.15) is 8.61 Å². The van der Waals surface area contributed by atoms with Crippen molar-refractivity contribution < 1.29 is 36.9 Å². The zero-order chi connectivity index (χ0) is 34.9. The van der Waals surface area contributed by atoms with E-state index in [2.05, 4.69) is 15.2 Å². The second kappa shape index (κ2) is 16.7. The van der Waals surface area contributed by atoms with Gasteiger partial charge >= 0.3 is 0 Å². The van der Waals surface area contributed by atoms with Crippen LogP contribution < -0.4 is 5.32 Å². The fourth-order valence-corrected chi connectivity index (χ4v) is 8.59. The van der Waals surface area contributed by atoms with Crippen molar-refractivity contribution in [2.75, 3.05) is 45.0 Å². The van der Waals surface area contributed by atoms with Crippen LogP contribution in [0.2, 0.25) is 0 Å². The highest BCUT2D eigenvalue weighted by molar-refractivity contribution is 7.89. The first kappa shape index (κ1) is 37.2. The molecule has 0 unspecified atom stereocenters. The van der Waals surface area contributed by atoms with Gasteiger partial charge < -0.3 is 20.6 Å². The van der Waals surface area contributed by atoms with Crippen molar-refractivity contribution in [2.45, 2.75) is 50.3 Å². The van der Waals surface area contributed by atoms with Gasteiger partial charge in [-0.25, -0.2) is 16.8 Å². The molecule has 1 aromatic heterocycles. The molecular weight excluding hydrogens is 659 g/mol. The predicted molar refractivity (Wildman–Crippen MR) is 181 cm³/mol. The summed E-state index contributed by atoms with van der Waals surface area (Å²) < 4.78 is 56.0. The van der Waals surface area contributed by atoms with Gasteiger partial charge in [-0.15, -0.1) is 0 Å². The number of nitrogens with zero attached hydrogens (tertiary/aromatic N) is 4. The minimum absolute atomic E-state index is 0.0286. The van der Waals surface area contributed by atoms with Gasteiger partial charge in [0.15, 0.2) is 11.5 Å². The molecule has 1 aliphatic heterocycles. The molecule has 4 N–H and O–H groups in total. The number of aliphatic hydroxyl groups excluding tert-OH is 1. The Morgan fingerprint density at radius 1 is 0.917 bits per heavy atom. The number of amides is 1. The lowest BCUT2D eigenvalue weighted by atomic mass is 10.0. The lowest BCUT2D eigenvalue weighted by molar-refractivity contribution is -0.122. The zero-order valence-corrected chi connectivity index (χ0v) is 28.9. The number of pyridine rings is 1. The number of hydrogen-bond donors (Lipinski definition) is 4. The van der Waals surface area contributed by atoms with Crippen molar-refractivity contribution in [3.63, 3.8) is 0 Å². The Morgan fingerprint density at radius 3 is 2.23 bits per heavy atom. The number of carbonyl (C=O) groups is 1. The Hall–Kier alpha value is -3.60. The summed E-state index contributed by atoms with van der Waals surface area (Å²) in [5.74, 6) is -2.21. The minimum Gasteiger partial charge on any atom is -0.504 e. The van der Waals surface area contributed by atoms with E-state index in [4.69, 9.17) is 0 Å². The molecule has 1 aliphatic rings. The monoisotopic (exact) mass is 703 g/mol. The highest BCUT2D eigenvalue weighted by Crippen LogP contribution is 2.29. The maximum atomic E-state index is 13.6. The molecule has 15 heteroatoms. The molecule has 2 heterocycles. The topological polar surface area (TPSA) is 181 Å². The third-order valence-corrected chi connectivity index (χ3v) is 11.8. The van der Waals surface area contributed by atoms with Crippen LogP contribution in [0.3, 0.4) is 0 Å². The maximum Gasteiger partial charge on any atom is 0.243 e. The molecule has 3 aromatic rings. The number of phenolic OH excluding ortho intramolecular Hbond substituents is 2. The Kier molecular flexibility index (Phi) is 12.9. The van der Waals surface area contributed by atoms with Gasteiger partial charge in [0.2, 0.25) is 26.0 Å². The number of aromatic nitrogens is 1. The standard InChI is InChI=1S/C33H45N5O8S2/c1-25(2)22-38(48(45,46)28-10-11-30(39)31(40)20-28)24-32(41)29(19-26-7-4-3-5-8-26)35-33(42)12-18-47(43,44)37-16-14-36(15-17-37)23-27-9-6-13-34-21-27/h3-11,13,20-21,25,29,32,39-41H,12,14-19,22-24H2,1-2H3,(H,35,42)/t29-,32+/m0/s1. The third kappa shape index (κ3) is 10.4. The Labute approximate surface area is 282 Å². The molecular formula is C33H45N5O8S2. The number of nitrogens with one attached hydrogen (secondary N) is 1. The second-order valence-electron chi connectivity index (χ2n) is 12.4. The second-order valence-corrected chi connectivity index (χ2v) is 16.4. The van der Waals surface area contributed by atoms with E-state index in [-0.39, 0.29) is 36.7 Å². The molecule has 1 saturated heterocycles. The average Bonchev–Trinajstić information content (AvgIpc) is 3.05. The number of hydrogen-bond acceptors (Lipinski definition) is 10. The van der Waals surface area contributed by atoms with Crippen molar-refractivity contribution in [2.24, 2.45) is 5.92 Å². The Bertz CT molecular complexity index is 1700. The van der Waals surface area contributed by atoms with Crippen LogP contribution in [0.1, 0.15) is 31.4 Å². The molecule has 0 bridgehead atoms. The Morgan fingerprint density at radius 2 is 1.60 bits per heavy atom. The van der Waals surface area contributed by atoms with Gasteiger partial charge in [0.1, 0.15) is 0 Å². The van der Waals surface area contributed by atoms with Gasteiger partial charge in [-0.1, -0.05) is 50.2 Å². The number of rotatable bonds is 16. The van der Waals surface area contributed by atoms with Crippen molar-refractivity contribution in [1.29, 1.82) is 0 Å². The molecule has 0 spiro atoms. The SMILES string of the molecule is CC(C)CN(C[C@@H](O)[C@H](Cc1ccccc1)NC(=O)CCS(=O)(=O)N1CCN(Cc2cccnc2)CC1)S(=O)(=O)c1ccc(O)c(O)c1. The van der Waals surface area contributed by atoms with E-state index in [1.165, 1.54) is 4.31 Å². The number of sulfonamides is 2.